The fourth-order valence-corrected chi connectivity index (χ4v) is 1.67. The monoisotopic (exact) mass is 218 g/mol. The molecular formula is C12H14N2O2. The molecule has 1 aromatic heterocycles. The summed E-state index contributed by atoms with van der Waals surface area (Å²) in [5.41, 5.74) is 2.75. The van der Waals surface area contributed by atoms with Gasteiger partial charge in [-0.05, 0) is 18.6 Å². The van der Waals surface area contributed by atoms with Gasteiger partial charge >= 0.3 is 0 Å². The van der Waals surface area contributed by atoms with Crippen molar-refractivity contribution < 1.29 is 9.84 Å². The molecule has 0 bridgehead atoms. The van der Waals surface area contributed by atoms with Crippen LogP contribution < -0.4 is 4.74 Å². The van der Waals surface area contributed by atoms with Crippen LogP contribution in [0.4, 0.5) is 0 Å². The zero-order valence-corrected chi connectivity index (χ0v) is 9.34. The van der Waals surface area contributed by atoms with Gasteiger partial charge < -0.3 is 9.84 Å². The first-order chi connectivity index (χ1) is 7.77. The molecular weight excluding hydrogens is 204 g/mol. The van der Waals surface area contributed by atoms with Gasteiger partial charge in [0.25, 0.3) is 0 Å². The normalized spacial score (nSPS) is 10.4. The quantitative estimate of drug-likeness (QED) is 0.852. The van der Waals surface area contributed by atoms with Gasteiger partial charge in [0.1, 0.15) is 0 Å². The Morgan fingerprint density at radius 1 is 1.38 bits per heavy atom. The maximum absolute atomic E-state index is 9.15. The highest BCUT2D eigenvalue weighted by atomic mass is 16.5. The number of nitrogens with zero attached hydrogens (tertiary/aromatic N) is 2. The van der Waals surface area contributed by atoms with E-state index in [0.717, 1.165) is 11.3 Å². The first-order valence-corrected chi connectivity index (χ1v) is 5.05. The van der Waals surface area contributed by atoms with E-state index in [1.54, 1.807) is 18.0 Å². The molecule has 0 atom stereocenters. The molecule has 0 aliphatic rings. The molecule has 84 valence electrons. The summed E-state index contributed by atoms with van der Waals surface area (Å²) >= 11 is 0. The van der Waals surface area contributed by atoms with E-state index in [1.165, 1.54) is 0 Å². The first-order valence-electron chi connectivity index (χ1n) is 5.05. The standard InChI is InChI=1S/C12H14N2O2/c1-9-5-3-4-6-11(9)14-12(16-2)10(8-15)7-13-14/h3-7,15H,8H2,1-2H3. The predicted molar refractivity (Wildman–Crippen MR) is 60.8 cm³/mol. The first kappa shape index (κ1) is 10.7. The SMILES string of the molecule is COc1c(CO)cnn1-c1ccccc1C. The molecule has 0 aliphatic heterocycles. The molecule has 0 unspecified atom stereocenters. The average molecular weight is 218 g/mol. The second-order valence-corrected chi connectivity index (χ2v) is 3.54. The molecule has 0 amide bonds. The minimum absolute atomic E-state index is 0.0744. The Labute approximate surface area is 94.1 Å². The Bertz CT molecular complexity index is 492. The minimum atomic E-state index is -0.0744. The van der Waals surface area contributed by atoms with E-state index >= 15 is 0 Å². The summed E-state index contributed by atoms with van der Waals surface area (Å²) in [5.74, 6) is 0.580. The van der Waals surface area contributed by atoms with Crippen molar-refractivity contribution in [3.8, 4) is 11.6 Å². The van der Waals surface area contributed by atoms with Gasteiger partial charge in [0, 0.05) is 0 Å². The number of para-hydroxylation sites is 1. The Morgan fingerprint density at radius 3 is 2.75 bits per heavy atom. The third-order valence-corrected chi connectivity index (χ3v) is 2.50. The van der Waals surface area contributed by atoms with Gasteiger partial charge in [0.2, 0.25) is 5.88 Å². The van der Waals surface area contributed by atoms with Gasteiger partial charge in [-0.25, -0.2) is 4.68 Å². The second kappa shape index (κ2) is 4.37. The maximum Gasteiger partial charge on any atom is 0.222 e. The van der Waals surface area contributed by atoms with Crippen molar-refractivity contribution in [3.63, 3.8) is 0 Å². The van der Waals surface area contributed by atoms with E-state index in [9.17, 15) is 0 Å². The van der Waals surface area contributed by atoms with Crippen LogP contribution in [0.5, 0.6) is 5.88 Å². The van der Waals surface area contributed by atoms with Crippen LogP contribution in [-0.2, 0) is 6.61 Å². The fourth-order valence-electron chi connectivity index (χ4n) is 1.67. The van der Waals surface area contributed by atoms with Crippen LogP contribution >= 0.6 is 0 Å². The minimum Gasteiger partial charge on any atom is -0.481 e. The lowest BCUT2D eigenvalue weighted by atomic mass is 10.2. The molecule has 0 aliphatic carbocycles. The van der Waals surface area contributed by atoms with Crippen molar-refractivity contribution in [1.82, 2.24) is 9.78 Å². The van der Waals surface area contributed by atoms with Crippen molar-refractivity contribution in [2.45, 2.75) is 13.5 Å². The topological polar surface area (TPSA) is 47.3 Å². The molecule has 2 rings (SSSR count). The van der Waals surface area contributed by atoms with Crippen LogP contribution in [0.15, 0.2) is 30.5 Å². The number of aliphatic hydroxyl groups excluding tert-OH is 1. The van der Waals surface area contributed by atoms with Gasteiger partial charge in [0.05, 0.1) is 31.2 Å². The number of hydrogen-bond acceptors (Lipinski definition) is 3. The molecule has 0 spiro atoms. The number of methoxy groups -OCH3 is 1. The lowest BCUT2D eigenvalue weighted by molar-refractivity contribution is 0.272. The second-order valence-electron chi connectivity index (χ2n) is 3.54. The predicted octanol–water partition coefficient (Wildman–Crippen LogP) is 1.68. The van der Waals surface area contributed by atoms with Crippen LogP contribution in [0.1, 0.15) is 11.1 Å². The molecule has 4 heteroatoms. The summed E-state index contributed by atoms with van der Waals surface area (Å²) in [6, 6.07) is 7.89. The molecule has 0 fully saturated rings. The smallest absolute Gasteiger partial charge is 0.222 e. The van der Waals surface area contributed by atoms with Crippen molar-refractivity contribution in [1.29, 1.82) is 0 Å². The van der Waals surface area contributed by atoms with Crippen LogP contribution in [0, 0.1) is 6.92 Å². The molecule has 1 N–H and O–H groups in total. The molecule has 0 saturated carbocycles. The molecule has 1 aromatic carbocycles. The van der Waals surface area contributed by atoms with E-state index in [-0.39, 0.29) is 6.61 Å². The summed E-state index contributed by atoms with van der Waals surface area (Å²) in [5, 5.41) is 13.4. The van der Waals surface area contributed by atoms with E-state index in [4.69, 9.17) is 9.84 Å². The maximum atomic E-state index is 9.15. The number of hydrogen-bond donors (Lipinski definition) is 1. The summed E-state index contributed by atoms with van der Waals surface area (Å²) in [4.78, 5) is 0. The van der Waals surface area contributed by atoms with Gasteiger partial charge in [-0.15, -0.1) is 0 Å². The van der Waals surface area contributed by atoms with Gasteiger partial charge in [-0.3, -0.25) is 0 Å². The highest BCUT2D eigenvalue weighted by Crippen LogP contribution is 2.23. The third kappa shape index (κ3) is 1.67. The molecule has 0 radical (unpaired) electrons. The highest BCUT2D eigenvalue weighted by molar-refractivity contribution is 5.43. The van der Waals surface area contributed by atoms with Gasteiger partial charge in [0.15, 0.2) is 0 Å². The zero-order chi connectivity index (χ0) is 11.5. The zero-order valence-electron chi connectivity index (χ0n) is 9.34. The molecule has 0 saturated heterocycles. The number of benzene rings is 1. The summed E-state index contributed by atoms with van der Waals surface area (Å²) in [7, 11) is 1.57. The fraction of sp³-hybridized carbons (Fsp3) is 0.250. The van der Waals surface area contributed by atoms with Gasteiger partial charge in [-0.1, -0.05) is 18.2 Å². The van der Waals surface area contributed by atoms with Crippen molar-refractivity contribution >= 4 is 0 Å². The Balaban J connectivity index is 2.56. The summed E-state index contributed by atoms with van der Waals surface area (Å²) in [6.07, 6.45) is 1.62. The summed E-state index contributed by atoms with van der Waals surface area (Å²) in [6.45, 7) is 1.93. The average Bonchev–Trinajstić information content (AvgIpc) is 2.72. The molecule has 1 heterocycles. The van der Waals surface area contributed by atoms with E-state index < -0.39 is 0 Å². The van der Waals surface area contributed by atoms with Crippen LogP contribution in [0.3, 0.4) is 0 Å². The van der Waals surface area contributed by atoms with Crippen molar-refractivity contribution in [3.05, 3.63) is 41.6 Å². The third-order valence-electron chi connectivity index (χ3n) is 2.50. The Kier molecular flexibility index (Phi) is 2.92. The van der Waals surface area contributed by atoms with Crippen molar-refractivity contribution in [2.24, 2.45) is 0 Å². The summed E-state index contributed by atoms with van der Waals surface area (Å²) < 4.78 is 6.95. The van der Waals surface area contributed by atoms with E-state index in [2.05, 4.69) is 5.10 Å². The molecule has 16 heavy (non-hydrogen) atoms. The van der Waals surface area contributed by atoms with E-state index in [0.29, 0.717) is 11.4 Å². The van der Waals surface area contributed by atoms with Gasteiger partial charge in [-0.2, -0.15) is 5.10 Å². The number of aliphatic hydroxyl groups is 1. The van der Waals surface area contributed by atoms with Crippen LogP contribution in [-0.4, -0.2) is 22.0 Å². The Hall–Kier alpha value is -1.81. The van der Waals surface area contributed by atoms with Crippen LogP contribution in [0.25, 0.3) is 5.69 Å². The molecule has 2 aromatic rings. The lowest BCUT2D eigenvalue weighted by Crippen LogP contribution is -2.02. The lowest BCUT2D eigenvalue weighted by Gasteiger charge is -2.09. The highest BCUT2D eigenvalue weighted by Gasteiger charge is 2.12. The largest absolute Gasteiger partial charge is 0.481 e. The van der Waals surface area contributed by atoms with E-state index in [1.807, 2.05) is 31.2 Å². The van der Waals surface area contributed by atoms with Crippen molar-refractivity contribution in [2.75, 3.05) is 7.11 Å². The Morgan fingerprint density at radius 2 is 2.12 bits per heavy atom. The number of aryl methyl sites for hydroxylation is 1. The number of aromatic nitrogens is 2. The number of ether oxygens (including phenoxy) is 1. The number of rotatable bonds is 3. The van der Waals surface area contributed by atoms with Crippen LogP contribution in [0.2, 0.25) is 0 Å². The molecule has 4 nitrogen and oxygen atoms in total.